The Kier molecular flexibility index (Phi) is 6.74. The third-order valence-corrected chi connectivity index (χ3v) is 6.23. The number of carbonyl (C=O) groups is 1. The topological polar surface area (TPSA) is 51.2 Å². The van der Waals surface area contributed by atoms with E-state index in [9.17, 15) is 4.79 Å². The Labute approximate surface area is 168 Å². The third-order valence-electron chi connectivity index (χ3n) is 4.19. The van der Waals surface area contributed by atoms with Gasteiger partial charge in [0.1, 0.15) is 5.75 Å². The maximum atomic E-state index is 12.2. The van der Waals surface area contributed by atoms with Crippen molar-refractivity contribution in [3.05, 3.63) is 48.0 Å². The summed E-state index contributed by atoms with van der Waals surface area (Å²) in [6.45, 7) is 4.32. The van der Waals surface area contributed by atoms with E-state index in [1.807, 2.05) is 24.3 Å². The van der Waals surface area contributed by atoms with E-state index in [0.717, 1.165) is 28.1 Å². The number of carbonyl (C=O) groups excluding carboxylic acids is 1. The van der Waals surface area contributed by atoms with Gasteiger partial charge in [0.25, 0.3) is 0 Å². The maximum Gasteiger partial charge on any atom is 0.226 e. The second-order valence-electron chi connectivity index (χ2n) is 6.54. The van der Waals surface area contributed by atoms with Crippen LogP contribution in [0, 0.1) is 0 Å². The lowest BCUT2D eigenvalue weighted by Gasteiger charge is -2.05. The fourth-order valence-corrected chi connectivity index (χ4v) is 4.54. The van der Waals surface area contributed by atoms with Crippen LogP contribution < -0.4 is 10.1 Å². The molecule has 0 aliphatic rings. The smallest absolute Gasteiger partial charge is 0.226 e. The Balaban J connectivity index is 1.49. The van der Waals surface area contributed by atoms with Crippen LogP contribution in [0.3, 0.4) is 0 Å². The summed E-state index contributed by atoms with van der Waals surface area (Å²) in [6, 6.07) is 14.2. The summed E-state index contributed by atoms with van der Waals surface area (Å²) >= 11 is 3.28. The van der Waals surface area contributed by atoms with Crippen LogP contribution in [0.1, 0.15) is 38.2 Å². The van der Waals surface area contributed by atoms with Crippen LogP contribution in [0.25, 0.3) is 10.2 Å². The number of hydrogen-bond acceptors (Lipinski definition) is 5. The van der Waals surface area contributed by atoms with E-state index < -0.39 is 0 Å². The van der Waals surface area contributed by atoms with Crippen molar-refractivity contribution in [3.63, 3.8) is 0 Å². The second kappa shape index (κ2) is 9.24. The average molecular weight is 401 g/mol. The summed E-state index contributed by atoms with van der Waals surface area (Å²) in [4.78, 5) is 18.1. The highest BCUT2D eigenvalue weighted by atomic mass is 32.2. The Morgan fingerprint density at radius 3 is 2.70 bits per heavy atom. The molecule has 0 saturated carbocycles. The standard InChI is InChI=1S/C21H24N2O2S2/c1-14(2)17-6-4-7-18-20(17)23-21(27-18)22-19(24)8-5-13-26-16-11-9-15(25-3)10-12-16/h4,6-7,9-12,14H,5,8,13H2,1-3H3,(H,22,23,24). The van der Waals surface area contributed by atoms with Gasteiger partial charge in [0.15, 0.2) is 5.13 Å². The van der Waals surface area contributed by atoms with Crippen LogP contribution in [-0.4, -0.2) is 23.8 Å². The molecule has 0 saturated heterocycles. The molecule has 0 unspecified atom stereocenters. The normalized spacial score (nSPS) is 11.1. The van der Waals surface area contributed by atoms with Gasteiger partial charge < -0.3 is 10.1 Å². The fraction of sp³-hybridized carbons (Fsp3) is 0.333. The van der Waals surface area contributed by atoms with E-state index in [4.69, 9.17) is 4.74 Å². The molecular formula is C21H24N2O2S2. The molecular weight excluding hydrogens is 376 g/mol. The molecule has 27 heavy (non-hydrogen) atoms. The molecule has 1 amide bonds. The zero-order valence-electron chi connectivity index (χ0n) is 15.8. The maximum absolute atomic E-state index is 12.2. The molecule has 1 N–H and O–H groups in total. The Morgan fingerprint density at radius 2 is 2.00 bits per heavy atom. The van der Waals surface area contributed by atoms with E-state index in [0.29, 0.717) is 17.5 Å². The number of amides is 1. The zero-order chi connectivity index (χ0) is 19.2. The summed E-state index contributed by atoms with van der Waals surface area (Å²) in [6.07, 6.45) is 1.32. The van der Waals surface area contributed by atoms with Crippen molar-refractivity contribution in [1.82, 2.24) is 4.98 Å². The van der Waals surface area contributed by atoms with Crippen molar-refractivity contribution in [2.45, 2.75) is 37.5 Å². The molecule has 0 aliphatic carbocycles. The molecule has 0 bridgehead atoms. The monoisotopic (exact) mass is 400 g/mol. The minimum Gasteiger partial charge on any atom is -0.497 e. The molecule has 2 aromatic carbocycles. The van der Waals surface area contributed by atoms with Crippen molar-refractivity contribution in [2.24, 2.45) is 0 Å². The number of nitrogens with one attached hydrogen (secondary N) is 1. The van der Waals surface area contributed by atoms with Gasteiger partial charge in [-0.1, -0.05) is 37.3 Å². The number of anilines is 1. The highest BCUT2D eigenvalue weighted by molar-refractivity contribution is 7.99. The first-order chi connectivity index (χ1) is 13.1. The molecule has 0 spiro atoms. The fourth-order valence-electron chi connectivity index (χ4n) is 2.77. The molecule has 142 valence electrons. The first kappa shape index (κ1) is 19.7. The van der Waals surface area contributed by atoms with Crippen molar-refractivity contribution >= 4 is 44.4 Å². The minimum atomic E-state index is 0.0236. The van der Waals surface area contributed by atoms with E-state index in [2.05, 4.69) is 42.3 Å². The third kappa shape index (κ3) is 5.23. The zero-order valence-corrected chi connectivity index (χ0v) is 17.5. The molecule has 6 heteroatoms. The Morgan fingerprint density at radius 1 is 1.22 bits per heavy atom. The first-order valence-electron chi connectivity index (χ1n) is 9.03. The van der Waals surface area contributed by atoms with Crippen LogP contribution in [-0.2, 0) is 4.79 Å². The van der Waals surface area contributed by atoms with Gasteiger partial charge in [-0.05, 0) is 54.0 Å². The first-order valence-corrected chi connectivity index (χ1v) is 10.8. The number of para-hydroxylation sites is 1. The number of rotatable bonds is 8. The van der Waals surface area contributed by atoms with E-state index in [-0.39, 0.29) is 5.91 Å². The van der Waals surface area contributed by atoms with Crippen LogP contribution in [0.5, 0.6) is 5.75 Å². The second-order valence-corrected chi connectivity index (χ2v) is 8.74. The van der Waals surface area contributed by atoms with Gasteiger partial charge in [0.05, 0.1) is 17.3 Å². The molecule has 4 nitrogen and oxygen atoms in total. The highest BCUT2D eigenvalue weighted by Crippen LogP contribution is 2.31. The quantitative estimate of drug-likeness (QED) is 0.375. The summed E-state index contributed by atoms with van der Waals surface area (Å²) in [5.74, 6) is 2.19. The number of fused-ring (bicyclic) bond motifs is 1. The lowest BCUT2D eigenvalue weighted by atomic mass is 10.0. The number of aromatic nitrogens is 1. The molecule has 1 aromatic heterocycles. The predicted molar refractivity (Wildman–Crippen MR) is 115 cm³/mol. The molecule has 1 heterocycles. The molecule has 0 radical (unpaired) electrons. The van der Waals surface area contributed by atoms with Crippen LogP contribution in [0.4, 0.5) is 5.13 Å². The molecule has 3 aromatic rings. The van der Waals surface area contributed by atoms with Gasteiger partial charge >= 0.3 is 0 Å². The number of benzene rings is 2. The lowest BCUT2D eigenvalue weighted by Crippen LogP contribution is -2.11. The van der Waals surface area contributed by atoms with Gasteiger partial charge in [-0.2, -0.15) is 0 Å². The van der Waals surface area contributed by atoms with Crippen molar-refractivity contribution in [3.8, 4) is 5.75 Å². The Bertz CT molecular complexity index is 904. The Hall–Kier alpha value is -2.05. The largest absolute Gasteiger partial charge is 0.497 e. The molecule has 0 fully saturated rings. The van der Waals surface area contributed by atoms with Crippen LogP contribution >= 0.6 is 23.1 Å². The van der Waals surface area contributed by atoms with Gasteiger partial charge in [-0.3, -0.25) is 4.79 Å². The van der Waals surface area contributed by atoms with Crippen molar-refractivity contribution in [2.75, 3.05) is 18.2 Å². The van der Waals surface area contributed by atoms with E-state index in [1.165, 1.54) is 21.8 Å². The summed E-state index contributed by atoms with van der Waals surface area (Å²) in [5, 5.41) is 3.64. The number of hydrogen-bond donors (Lipinski definition) is 1. The number of methoxy groups -OCH3 is 1. The van der Waals surface area contributed by atoms with E-state index in [1.54, 1.807) is 18.9 Å². The predicted octanol–water partition coefficient (Wildman–Crippen LogP) is 5.94. The van der Waals surface area contributed by atoms with Crippen molar-refractivity contribution in [1.29, 1.82) is 0 Å². The number of thiazole rings is 1. The summed E-state index contributed by atoms with van der Waals surface area (Å²) in [5.41, 5.74) is 2.23. The molecule has 0 aliphatic heterocycles. The van der Waals surface area contributed by atoms with Gasteiger partial charge in [0.2, 0.25) is 5.91 Å². The number of nitrogens with zero attached hydrogens (tertiary/aromatic N) is 1. The van der Waals surface area contributed by atoms with Gasteiger partial charge in [-0.15, -0.1) is 11.8 Å². The molecule has 3 rings (SSSR count). The number of thioether (sulfide) groups is 1. The minimum absolute atomic E-state index is 0.0236. The van der Waals surface area contributed by atoms with Gasteiger partial charge in [0, 0.05) is 11.3 Å². The van der Waals surface area contributed by atoms with Crippen LogP contribution in [0.2, 0.25) is 0 Å². The summed E-state index contributed by atoms with van der Waals surface area (Å²) in [7, 11) is 1.66. The summed E-state index contributed by atoms with van der Waals surface area (Å²) < 4.78 is 6.28. The molecule has 0 atom stereocenters. The van der Waals surface area contributed by atoms with Crippen molar-refractivity contribution < 1.29 is 9.53 Å². The highest BCUT2D eigenvalue weighted by Gasteiger charge is 2.12. The van der Waals surface area contributed by atoms with Crippen LogP contribution in [0.15, 0.2) is 47.4 Å². The number of ether oxygens (including phenoxy) is 1. The average Bonchev–Trinajstić information content (AvgIpc) is 3.07. The SMILES string of the molecule is COc1ccc(SCCCC(=O)Nc2nc3c(C(C)C)cccc3s2)cc1. The lowest BCUT2D eigenvalue weighted by molar-refractivity contribution is -0.116. The van der Waals surface area contributed by atoms with E-state index >= 15 is 0 Å². The van der Waals surface area contributed by atoms with Gasteiger partial charge in [-0.25, -0.2) is 4.98 Å².